The Morgan fingerprint density at radius 2 is 1.56 bits per heavy atom. The maximum Gasteiger partial charge on any atom is 0.304 e. The topological polar surface area (TPSA) is 38.7 Å². The van der Waals surface area contributed by atoms with Crippen LogP contribution in [0.15, 0.2) is 114 Å². The average Bonchev–Trinajstić information content (AvgIpc) is 3.78. The molecule has 5 nitrogen and oxygen atoms in total. The van der Waals surface area contributed by atoms with Crippen molar-refractivity contribution in [3.63, 3.8) is 0 Å². The summed E-state index contributed by atoms with van der Waals surface area (Å²) in [5.41, 5.74) is 17.9. The maximum absolute atomic E-state index is 7.26. The largest absolute Gasteiger partial charge is 0.455 e. The highest BCUT2D eigenvalue weighted by Crippen LogP contribution is 2.48. The van der Waals surface area contributed by atoms with E-state index in [-0.39, 0.29) is 12.0 Å². The number of imidazole rings is 1. The summed E-state index contributed by atoms with van der Waals surface area (Å²) in [4.78, 5) is 5.04. The maximum atomic E-state index is 7.26. The van der Waals surface area contributed by atoms with Crippen molar-refractivity contribution in [2.24, 2.45) is 0 Å². The van der Waals surface area contributed by atoms with E-state index in [9.17, 15) is 0 Å². The molecule has 0 spiro atoms. The van der Waals surface area contributed by atoms with Gasteiger partial charge in [0.1, 0.15) is 22.5 Å². The van der Waals surface area contributed by atoms with Crippen molar-refractivity contribution in [1.29, 1.82) is 0 Å². The molecule has 2 unspecified atom stereocenters. The van der Waals surface area contributed by atoms with Gasteiger partial charge in [-0.3, -0.25) is 4.98 Å². The number of fused-ring (bicyclic) bond motifs is 15. The fourth-order valence-electron chi connectivity index (χ4n) is 10.7. The highest BCUT2D eigenvalue weighted by molar-refractivity contribution is 6.88. The summed E-state index contributed by atoms with van der Waals surface area (Å²) in [6.07, 6.45) is 7.18. The van der Waals surface area contributed by atoms with Gasteiger partial charge in [-0.1, -0.05) is 134 Å². The number of benzene rings is 4. The van der Waals surface area contributed by atoms with Crippen LogP contribution in [-0.2, 0) is 6.42 Å². The molecule has 0 bridgehead atoms. The first-order chi connectivity index (χ1) is 29.2. The Hall–Kier alpha value is -5.59. The first-order valence-corrected chi connectivity index (χ1v) is 26.1. The van der Waals surface area contributed by atoms with Gasteiger partial charge in [0.05, 0.1) is 20.2 Å². The van der Waals surface area contributed by atoms with Crippen molar-refractivity contribution in [2.75, 3.05) is 0 Å². The first-order valence-electron chi connectivity index (χ1n) is 22.6. The van der Waals surface area contributed by atoms with Crippen LogP contribution in [0, 0.1) is 6.92 Å². The molecule has 10 rings (SSSR count). The number of hydrogen-bond acceptors (Lipinski definition) is 2. The second-order valence-corrected chi connectivity index (χ2v) is 24.9. The van der Waals surface area contributed by atoms with Crippen LogP contribution in [0.3, 0.4) is 0 Å². The van der Waals surface area contributed by atoms with Gasteiger partial charge < -0.3 is 4.42 Å². The zero-order valence-corrected chi connectivity index (χ0v) is 38.7. The lowest BCUT2D eigenvalue weighted by Crippen LogP contribution is -2.53. The van der Waals surface area contributed by atoms with Crippen LogP contribution in [0.1, 0.15) is 118 Å². The minimum Gasteiger partial charge on any atom is -0.455 e. The van der Waals surface area contributed by atoms with Crippen LogP contribution in [0.25, 0.3) is 67.0 Å². The van der Waals surface area contributed by atoms with E-state index in [4.69, 9.17) is 16.0 Å². The van der Waals surface area contributed by atoms with Crippen molar-refractivity contribution in [3.8, 4) is 28.3 Å². The molecule has 6 heterocycles. The van der Waals surface area contributed by atoms with Gasteiger partial charge in [-0.15, -0.1) is 0 Å². The molecule has 0 radical (unpaired) electrons. The summed E-state index contributed by atoms with van der Waals surface area (Å²) >= 11 is 0. The summed E-state index contributed by atoms with van der Waals surface area (Å²) < 4.78 is 15.0. The molecule has 0 fully saturated rings. The van der Waals surface area contributed by atoms with Gasteiger partial charge in [0.15, 0.2) is 23.3 Å². The van der Waals surface area contributed by atoms with E-state index < -0.39 is 8.07 Å². The lowest BCUT2D eigenvalue weighted by Gasteiger charge is -2.32. The zero-order valence-electron chi connectivity index (χ0n) is 37.7. The van der Waals surface area contributed by atoms with E-state index in [1.165, 1.54) is 49.9 Å². The summed E-state index contributed by atoms with van der Waals surface area (Å²) in [6, 6.07) is 34.9. The monoisotopic (exact) mass is 820 g/mol. The van der Waals surface area contributed by atoms with Crippen LogP contribution < -0.4 is 14.3 Å². The predicted octanol–water partition coefficient (Wildman–Crippen LogP) is 13.2. The standard InChI is InChI=1S/C55H60N4OSi/c1-32(2)38-21-24-45-46-25-20-37-19-23-44-42-15-12-13-16-43(42)47-26-22-39(61(9,10)11)31-57(47)49(44)29-35(7)58-48-27-28-56-36(8)52(48)59(55(58)51(37)54(46)60-50(45)30-38)53-40(33(3)4)17-14-18-41(53)34(5)6/h12-18,20-22,24-28,30-34,44,49H,7,19,23,29H2,1-6,8-11H3/q+2. The fraction of sp³-hybridized carbons (Fsp3) is 0.327. The molecule has 0 amide bonds. The van der Waals surface area contributed by atoms with Crippen molar-refractivity contribution in [3.05, 3.63) is 143 Å². The van der Waals surface area contributed by atoms with Crippen molar-refractivity contribution in [1.82, 2.24) is 9.55 Å². The molecule has 2 aliphatic rings. The fourth-order valence-corrected chi connectivity index (χ4v) is 11.8. The molecule has 0 saturated heterocycles. The minimum absolute atomic E-state index is 0.176. The summed E-state index contributed by atoms with van der Waals surface area (Å²) in [6.45, 7) is 28.5. The Balaban J connectivity index is 1.36. The molecule has 308 valence electrons. The summed E-state index contributed by atoms with van der Waals surface area (Å²) in [7, 11) is -1.63. The molecular formula is C55H60N4OSi+2. The second kappa shape index (κ2) is 14.5. The van der Waals surface area contributed by atoms with Crippen LogP contribution in [0.5, 0.6) is 0 Å². The smallest absolute Gasteiger partial charge is 0.304 e. The third kappa shape index (κ3) is 6.19. The molecular weight excluding hydrogens is 761 g/mol. The Morgan fingerprint density at radius 3 is 2.28 bits per heavy atom. The number of allylic oxidation sites excluding steroid dienone is 1. The van der Waals surface area contributed by atoms with Gasteiger partial charge in [0.25, 0.3) is 0 Å². The van der Waals surface area contributed by atoms with Crippen molar-refractivity contribution < 1.29 is 13.6 Å². The van der Waals surface area contributed by atoms with Crippen molar-refractivity contribution in [2.45, 2.75) is 117 Å². The third-order valence-electron chi connectivity index (χ3n) is 14.0. The van der Waals surface area contributed by atoms with Gasteiger partial charge in [0, 0.05) is 56.9 Å². The number of aryl methyl sites for hydroxylation is 2. The first kappa shape index (κ1) is 39.5. The lowest BCUT2D eigenvalue weighted by molar-refractivity contribution is -0.719. The zero-order chi connectivity index (χ0) is 42.6. The van der Waals surface area contributed by atoms with Crippen LogP contribution >= 0.6 is 0 Å². The Morgan fingerprint density at radius 1 is 0.820 bits per heavy atom. The molecule has 6 heteroatoms. The quantitative estimate of drug-likeness (QED) is 0.128. The Labute approximate surface area is 362 Å². The molecule has 0 saturated carbocycles. The molecule has 0 N–H and O–H groups in total. The predicted molar refractivity (Wildman–Crippen MR) is 256 cm³/mol. The molecule has 2 aliphatic heterocycles. The van der Waals surface area contributed by atoms with Crippen LogP contribution in [0.2, 0.25) is 19.6 Å². The number of furan rings is 1. The number of pyridine rings is 2. The van der Waals surface area contributed by atoms with Crippen LogP contribution in [0.4, 0.5) is 0 Å². The highest BCUT2D eigenvalue weighted by atomic mass is 28.3. The molecule has 61 heavy (non-hydrogen) atoms. The van der Waals surface area contributed by atoms with E-state index in [0.717, 1.165) is 75.0 Å². The molecule has 4 aromatic heterocycles. The number of rotatable bonds is 5. The molecule has 2 atom stereocenters. The average molecular weight is 821 g/mol. The van der Waals surface area contributed by atoms with E-state index >= 15 is 0 Å². The number of hydrogen-bond donors (Lipinski definition) is 0. The van der Waals surface area contributed by atoms with Gasteiger partial charge in [-0.25, -0.2) is 0 Å². The van der Waals surface area contributed by atoms with Gasteiger partial charge >= 0.3 is 5.82 Å². The number of para-hydroxylation sites is 1. The Kier molecular flexibility index (Phi) is 9.41. The summed E-state index contributed by atoms with van der Waals surface area (Å²) in [5.74, 6) is 2.36. The normalized spacial score (nSPS) is 16.6. The van der Waals surface area contributed by atoms with E-state index in [2.05, 4.69) is 179 Å². The van der Waals surface area contributed by atoms with E-state index in [1.807, 2.05) is 6.20 Å². The number of aromatic nitrogens is 4. The SMILES string of the molecule is C=C1CC2C(CCc3ccc4c(oc5cc(C(C)C)ccc54)c3-c3n(-c4c(C(C)C)cccc4C(C)C)c4c(C)nccc4[n+]31)c1ccccc1-c1ccc([Si](C)(C)C)c[n+]12. The van der Waals surface area contributed by atoms with Gasteiger partial charge in [-0.05, 0) is 66.3 Å². The summed E-state index contributed by atoms with van der Waals surface area (Å²) in [5, 5.41) is 3.78. The molecule has 0 aliphatic carbocycles. The third-order valence-corrected chi connectivity index (χ3v) is 16.0. The molecule has 4 aromatic carbocycles. The van der Waals surface area contributed by atoms with Crippen molar-refractivity contribution >= 4 is 51.9 Å². The van der Waals surface area contributed by atoms with E-state index in [1.54, 1.807) is 0 Å². The highest BCUT2D eigenvalue weighted by Gasteiger charge is 2.45. The van der Waals surface area contributed by atoms with Crippen LogP contribution in [-0.4, -0.2) is 17.6 Å². The van der Waals surface area contributed by atoms with E-state index in [0.29, 0.717) is 17.8 Å². The Bertz CT molecular complexity index is 3060. The second-order valence-electron chi connectivity index (χ2n) is 19.9. The lowest BCUT2D eigenvalue weighted by atomic mass is 9.77. The van der Waals surface area contributed by atoms with Gasteiger partial charge in [-0.2, -0.15) is 13.7 Å². The molecule has 8 aromatic rings. The van der Waals surface area contributed by atoms with Gasteiger partial charge in [0.2, 0.25) is 11.2 Å². The number of nitrogens with zero attached hydrogens (tertiary/aromatic N) is 4. The minimum atomic E-state index is -1.63.